The number of carbonyl (C=O) groups is 2. The van der Waals surface area contributed by atoms with Crippen molar-refractivity contribution in [2.24, 2.45) is 0 Å². The van der Waals surface area contributed by atoms with Gasteiger partial charge in [0.2, 0.25) is 0 Å². The zero-order valence-corrected chi connectivity index (χ0v) is 14.9. The Morgan fingerprint density at radius 2 is 2.00 bits per heavy atom. The van der Waals surface area contributed by atoms with Gasteiger partial charge in [0.1, 0.15) is 11.9 Å². The second kappa shape index (κ2) is 8.51. The molecular formula is C19H25NO6. The largest absolute Gasteiger partial charge is 0.496 e. The van der Waals surface area contributed by atoms with Gasteiger partial charge in [0.25, 0.3) is 5.91 Å². The number of carboxylic acid groups (broad SMARTS) is 1. The molecule has 1 amide bonds. The van der Waals surface area contributed by atoms with E-state index in [1.165, 1.54) is 0 Å². The van der Waals surface area contributed by atoms with E-state index in [2.05, 4.69) is 0 Å². The van der Waals surface area contributed by atoms with E-state index >= 15 is 0 Å². The minimum absolute atomic E-state index is 0.00494. The number of amides is 1. The summed E-state index contributed by atoms with van der Waals surface area (Å²) in [5.41, 5.74) is 0.897. The van der Waals surface area contributed by atoms with Crippen LogP contribution in [0.25, 0.3) is 0 Å². The number of hydrogen-bond acceptors (Lipinski definition) is 5. The van der Waals surface area contributed by atoms with Crippen molar-refractivity contribution in [2.45, 2.75) is 50.5 Å². The van der Waals surface area contributed by atoms with Crippen molar-refractivity contribution >= 4 is 11.9 Å². The summed E-state index contributed by atoms with van der Waals surface area (Å²) < 4.78 is 16.5. The fourth-order valence-electron chi connectivity index (χ4n) is 3.51. The molecule has 2 fully saturated rings. The summed E-state index contributed by atoms with van der Waals surface area (Å²) in [6.45, 7) is 1.55. The standard InChI is InChI=1S/C19H25NO6/c1-24-15-7-3-2-5-13(15)11-20(12-14-6-4-10-25-14)18(21)16-8-9-17(26-16)19(22)23/h2-3,5,7,14,16-17H,4,6,8-12H2,1H3,(H,22,23)/t14?,16-,17+/m0/s1. The number of methoxy groups -OCH3 is 1. The van der Waals surface area contributed by atoms with Crippen LogP contribution in [0.4, 0.5) is 0 Å². The third-order valence-corrected chi connectivity index (χ3v) is 4.88. The maximum Gasteiger partial charge on any atom is 0.332 e. The zero-order chi connectivity index (χ0) is 18.5. The fraction of sp³-hybridized carbons (Fsp3) is 0.579. The molecule has 2 saturated heterocycles. The van der Waals surface area contributed by atoms with Gasteiger partial charge in [-0.25, -0.2) is 4.79 Å². The lowest BCUT2D eigenvalue weighted by Gasteiger charge is -2.28. The molecule has 7 heteroatoms. The van der Waals surface area contributed by atoms with Crippen LogP contribution in [0.3, 0.4) is 0 Å². The number of carboxylic acids is 1. The lowest BCUT2D eigenvalue weighted by atomic mass is 10.1. The molecular weight excluding hydrogens is 338 g/mol. The van der Waals surface area contributed by atoms with Crippen molar-refractivity contribution in [3.63, 3.8) is 0 Å². The molecule has 0 aliphatic carbocycles. The van der Waals surface area contributed by atoms with E-state index in [1.807, 2.05) is 24.3 Å². The van der Waals surface area contributed by atoms with Crippen LogP contribution >= 0.6 is 0 Å². The minimum atomic E-state index is -1.02. The SMILES string of the molecule is COc1ccccc1CN(CC1CCCO1)C(=O)[C@@H]1CC[C@H](C(=O)O)O1. The molecule has 0 aromatic heterocycles. The van der Waals surface area contributed by atoms with Crippen LogP contribution in [0.2, 0.25) is 0 Å². The van der Waals surface area contributed by atoms with Crippen molar-refractivity contribution in [1.82, 2.24) is 4.90 Å². The smallest absolute Gasteiger partial charge is 0.332 e. The molecule has 3 atom stereocenters. The Morgan fingerprint density at radius 3 is 2.65 bits per heavy atom. The molecule has 1 aromatic rings. The van der Waals surface area contributed by atoms with Crippen LogP contribution in [0.5, 0.6) is 5.75 Å². The number of carbonyl (C=O) groups excluding carboxylic acids is 1. The van der Waals surface area contributed by atoms with E-state index < -0.39 is 18.2 Å². The summed E-state index contributed by atoms with van der Waals surface area (Å²) in [6, 6.07) is 7.56. The van der Waals surface area contributed by atoms with Gasteiger partial charge in [-0.05, 0) is 31.7 Å². The van der Waals surface area contributed by atoms with Crippen molar-refractivity contribution < 1.29 is 28.9 Å². The molecule has 2 aliphatic rings. The Balaban J connectivity index is 1.74. The third-order valence-electron chi connectivity index (χ3n) is 4.88. The molecule has 7 nitrogen and oxygen atoms in total. The molecule has 2 heterocycles. The number of ether oxygens (including phenoxy) is 3. The second-order valence-electron chi connectivity index (χ2n) is 6.69. The van der Waals surface area contributed by atoms with Gasteiger partial charge in [-0.2, -0.15) is 0 Å². The van der Waals surface area contributed by atoms with Crippen molar-refractivity contribution in [2.75, 3.05) is 20.3 Å². The van der Waals surface area contributed by atoms with Gasteiger partial charge in [-0.3, -0.25) is 4.79 Å². The molecule has 0 radical (unpaired) electrons. The highest BCUT2D eigenvalue weighted by molar-refractivity contribution is 5.82. The Morgan fingerprint density at radius 1 is 1.23 bits per heavy atom. The predicted octanol–water partition coefficient (Wildman–Crippen LogP) is 1.83. The fourth-order valence-corrected chi connectivity index (χ4v) is 3.51. The lowest BCUT2D eigenvalue weighted by molar-refractivity contribution is -0.155. The highest BCUT2D eigenvalue weighted by Crippen LogP contribution is 2.26. The first kappa shape index (κ1) is 18.7. The molecule has 1 aromatic carbocycles. The predicted molar refractivity (Wildman–Crippen MR) is 92.9 cm³/mol. The Labute approximate surface area is 152 Å². The van der Waals surface area contributed by atoms with Crippen molar-refractivity contribution in [1.29, 1.82) is 0 Å². The van der Waals surface area contributed by atoms with Gasteiger partial charge >= 0.3 is 5.97 Å². The molecule has 1 N–H and O–H groups in total. The first-order chi connectivity index (χ1) is 12.6. The van der Waals surface area contributed by atoms with E-state index in [4.69, 9.17) is 19.3 Å². The molecule has 1 unspecified atom stereocenters. The quantitative estimate of drug-likeness (QED) is 0.796. The number of aliphatic carboxylic acids is 1. The van der Waals surface area contributed by atoms with Gasteiger partial charge in [0, 0.05) is 25.3 Å². The molecule has 26 heavy (non-hydrogen) atoms. The third kappa shape index (κ3) is 4.34. The van der Waals surface area contributed by atoms with E-state index in [0.717, 1.165) is 18.4 Å². The number of benzene rings is 1. The Kier molecular flexibility index (Phi) is 6.11. The van der Waals surface area contributed by atoms with Crippen LogP contribution in [-0.2, 0) is 25.6 Å². The topological polar surface area (TPSA) is 85.3 Å². The van der Waals surface area contributed by atoms with Gasteiger partial charge in [-0.1, -0.05) is 18.2 Å². The average molecular weight is 363 g/mol. The zero-order valence-electron chi connectivity index (χ0n) is 14.9. The number of nitrogens with zero attached hydrogens (tertiary/aromatic N) is 1. The maximum absolute atomic E-state index is 13.0. The normalized spacial score (nSPS) is 25.2. The first-order valence-corrected chi connectivity index (χ1v) is 8.99. The van der Waals surface area contributed by atoms with E-state index in [0.29, 0.717) is 38.3 Å². The van der Waals surface area contributed by atoms with E-state index in [1.54, 1.807) is 12.0 Å². The monoisotopic (exact) mass is 363 g/mol. The summed E-state index contributed by atoms with van der Waals surface area (Å²) >= 11 is 0. The van der Waals surface area contributed by atoms with Gasteiger partial charge in [-0.15, -0.1) is 0 Å². The Hall–Kier alpha value is -2.12. The molecule has 3 rings (SSSR count). The lowest BCUT2D eigenvalue weighted by Crippen LogP contribution is -2.43. The summed E-state index contributed by atoms with van der Waals surface area (Å²) in [7, 11) is 1.60. The van der Waals surface area contributed by atoms with Crippen LogP contribution < -0.4 is 4.74 Å². The number of para-hydroxylation sites is 1. The van der Waals surface area contributed by atoms with Crippen LogP contribution in [0, 0.1) is 0 Å². The van der Waals surface area contributed by atoms with Gasteiger partial charge in [0.15, 0.2) is 6.10 Å². The van der Waals surface area contributed by atoms with E-state index in [-0.39, 0.29) is 12.0 Å². The summed E-state index contributed by atoms with van der Waals surface area (Å²) in [6.07, 6.45) is 1.07. The molecule has 0 spiro atoms. The summed E-state index contributed by atoms with van der Waals surface area (Å²) in [4.78, 5) is 25.8. The first-order valence-electron chi connectivity index (χ1n) is 8.99. The minimum Gasteiger partial charge on any atom is -0.496 e. The van der Waals surface area contributed by atoms with Gasteiger partial charge < -0.3 is 24.2 Å². The second-order valence-corrected chi connectivity index (χ2v) is 6.69. The van der Waals surface area contributed by atoms with E-state index in [9.17, 15) is 9.59 Å². The van der Waals surface area contributed by atoms with Crippen molar-refractivity contribution in [3.8, 4) is 5.75 Å². The van der Waals surface area contributed by atoms with Crippen LogP contribution in [0.15, 0.2) is 24.3 Å². The molecule has 142 valence electrons. The maximum atomic E-state index is 13.0. The number of rotatable bonds is 7. The highest BCUT2D eigenvalue weighted by atomic mass is 16.5. The Bertz CT molecular complexity index is 643. The van der Waals surface area contributed by atoms with Gasteiger partial charge in [0.05, 0.1) is 13.2 Å². The van der Waals surface area contributed by atoms with Crippen LogP contribution in [-0.4, -0.2) is 60.5 Å². The molecule has 0 saturated carbocycles. The van der Waals surface area contributed by atoms with Crippen LogP contribution in [0.1, 0.15) is 31.2 Å². The number of hydrogen-bond donors (Lipinski definition) is 1. The molecule has 0 bridgehead atoms. The molecule has 2 aliphatic heterocycles. The highest BCUT2D eigenvalue weighted by Gasteiger charge is 2.37. The average Bonchev–Trinajstić information content (AvgIpc) is 3.33. The summed E-state index contributed by atoms with van der Waals surface area (Å²) in [5, 5.41) is 9.10. The summed E-state index contributed by atoms with van der Waals surface area (Å²) in [5.74, 6) is -0.487. The van der Waals surface area contributed by atoms with Crippen molar-refractivity contribution in [3.05, 3.63) is 29.8 Å².